The van der Waals surface area contributed by atoms with E-state index in [0.717, 1.165) is 25.8 Å². The Morgan fingerprint density at radius 3 is 2.93 bits per heavy atom. The molecule has 82 valence electrons. The number of piperidine rings is 1. The van der Waals surface area contributed by atoms with Crippen LogP contribution in [0, 0.1) is 0 Å². The summed E-state index contributed by atoms with van der Waals surface area (Å²) in [6, 6.07) is 0.00259. The van der Waals surface area contributed by atoms with E-state index in [0.29, 0.717) is 13.0 Å². The number of aliphatic hydroxyl groups excluding tert-OH is 1. The van der Waals surface area contributed by atoms with E-state index in [-0.39, 0.29) is 11.9 Å². The summed E-state index contributed by atoms with van der Waals surface area (Å²) in [4.78, 5) is 13.4. The SMILES string of the molecule is C[C@H](O)[C@@H]1CCCCN1C(=O)CCN. The summed E-state index contributed by atoms with van der Waals surface area (Å²) in [6.45, 7) is 2.91. The van der Waals surface area contributed by atoms with Gasteiger partial charge in [-0.3, -0.25) is 4.79 Å². The van der Waals surface area contributed by atoms with Crippen LogP contribution < -0.4 is 5.73 Å². The van der Waals surface area contributed by atoms with Crippen molar-refractivity contribution >= 4 is 5.91 Å². The van der Waals surface area contributed by atoms with Gasteiger partial charge in [0.1, 0.15) is 0 Å². The first kappa shape index (κ1) is 11.5. The molecule has 0 aromatic heterocycles. The highest BCUT2D eigenvalue weighted by atomic mass is 16.3. The van der Waals surface area contributed by atoms with Crippen molar-refractivity contribution in [3.63, 3.8) is 0 Å². The largest absolute Gasteiger partial charge is 0.391 e. The molecule has 0 saturated carbocycles. The Bertz CT molecular complexity index is 195. The van der Waals surface area contributed by atoms with Crippen LogP contribution in [0.1, 0.15) is 32.6 Å². The molecule has 0 bridgehead atoms. The van der Waals surface area contributed by atoms with Crippen LogP contribution >= 0.6 is 0 Å². The normalized spacial score (nSPS) is 24.8. The van der Waals surface area contributed by atoms with Crippen LogP contribution in [0.25, 0.3) is 0 Å². The summed E-state index contributed by atoms with van der Waals surface area (Å²) < 4.78 is 0. The summed E-state index contributed by atoms with van der Waals surface area (Å²) in [5.74, 6) is 0.0816. The number of amides is 1. The lowest BCUT2D eigenvalue weighted by molar-refractivity contribution is -0.137. The Hall–Kier alpha value is -0.610. The van der Waals surface area contributed by atoms with Gasteiger partial charge in [0, 0.05) is 19.5 Å². The van der Waals surface area contributed by atoms with Gasteiger partial charge in [0.2, 0.25) is 5.91 Å². The Morgan fingerprint density at radius 2 is 2.36 bits per heavy atom. The average Bonchev–Trinajstić information content (AvgIpc) is 2.18. The maximum absolute atomic E-state index is 11.6. The number of carbonyl (C=O) groups is 1. The van der Waals surface area contributed by atoms with Gasteiger partial charge in [0.25, 0.3) is 0 Å². The fraction of sp³-hybridized carbons (Fsp3) is 0.900. The molecule has 3 N–H and O–H groups in total. The molecule has 0 spiro atoms. The molecule has 14 heavy (non-hydrogen) atoms. The van der Waals surface area contributed by atoms with Gasteiger partial charge in [-0.2, -0.15) is 0 Å². The van der Waals surface area contributed by atoms with Crippen LogP contribution in [0.3, 0.4) is 0 Å². The molecule has 0 radical (unpaired) electrons. The maximum Gasteiger partial charge on any atom is 0.224 e. The summed E-state index contributed by atoms with van der Waals surface area (Å²) >= 11 is 0. The smallest absolute Gasteiger partial charge is 0.224 e. The number of carbonyl (C=O) groups excluding carboxylic acids is 1. The fourth-order valence-electron chi connectivity index (χ4n) is 2.04. The first-order valence-electron chi connectivity index (χ1n) is 5.34. The third-order valence-corrected chi connectivity index (χ3v) is 2.78. The summed E-state index contributed by atoms with van der Waals surface area (Å²) in [5.41, 5.74) is 5.35. The number of hydrogen-bond donors (Lipinski definition) is 2. The van der Waals surface area contributed by atoms with Gasteiger partial charge in [0.15, 0.2) is 0 Å². The molecule has 1 aliphatic heterocycles. The Kier molecular flexibility index (Phi) is 4.35. The molecule has 1 heterocycles. The van der Waals surface area contributed by atoms with Crippen LogP contribution in [-0.2, 0) is 4.79 Å². The zero-order valence-electron chi connectivity index (χ0n) is 8.78. The van der Waals surface area contributed by atoms with Gasteiger partial charge in [-0.1, -0.05) is 0 Å². The van der Waals surface area contributed by atoms with E-state index in [1.807, 2.05) is 0 Å². The molecule has 2 atom stereocenters. The molecular formula is C10H20N2O2. The van der Waals surface area contributed by atoms with Crippen molar-refractivity contribution < 1.29 is 9.90 Å². The molecule has 4 nitrogen and oxygen atoms in total. The Morgan fingerprint density at radius 1 is 1.64 bits per heavy atom. The summed E-state index contributed by atoms with van der Waals surface area (Å²) in [7, 11) is 0. The Balaban J connectivity index is 2.57. The molecule has 0 aromatic carbocycles. The molecule has 1 aliphatic rings. The quantitative estimate of drug-likeness (QED) is 0.679. The van der Waals surface area contributed by atoms with Crippen LogP contribution in [0.4, 0.5) is 0 Å². The minimum Gasteiger partial charge on any atom is -0.391 e. The predicted octanol–water partition coefficient (Wildman–Crippen LogP) is 0.0971. The first-order chi connectivity index (χ1) is 6.66. The molecule has 0 aliphatic carbocycles. The number of nitrogens with two attached hydrogens (primary N) is 1. The molecule has 0 aromatic rings. The minimum atomic E-state index is -0.433. The van der Waals surface area contributed by atoms with E-state index >= 15 is 0 Å². The monoisotopic (exact) mass is 200 g/mol. The summed E-state index contributed by atoms with van der Waals surface area (Å²) in [5, 5.41) is 9.54. The third-order valence-electron chi connectivity index (χ3n) is 2.78. The second-order valence-corrected chi connectivity index (χ2v) is 3.93. The number of rotatable bonds is 3. The van der Waals surface area contributed by atoms with Gasteiger partial charge >= 0.3 is 0 Å². The van der Waals surface area contributed by atoms with Gasteiger partial charge in [0.05, 0.1) is 12.1 Å². The van der Waals surface area contributed by atoms with Crippen molar-refractivity contribution in [2.24, 2.45) is 5.73 Å². The molecule has 0 unspecified atom stereocenters. The number of aliphatic hydroxyl groups is 1. The van der Waals surface area contributed by atoms with Crippen molar-refractivity contribution in [1.29, 1.82) is 0 Å². The molecule has 1 amide bonds. The third kappa shape index (κ3) is 2.69. The second-order valence-electron chi connectivity index (χ2n) is 3.93. The van der Waals surface area contributed by atoms with Gasteiger partial charge in [-0.15, -0.1) is 0 Å². The lowest BCUT2D eigenvalue weighted by Gasteiger charge is -2.37. The molecular weight excluding hydrogens is 180 g/mol. The van der Waals surface area contributed by atoms with E-state index < -0.39 is 6.10 Å². The lowest BCUT2D eigenvalue weighted by Crippen LogP contribution is -2.49. The van der Waals surface area contributed by atoms with Gasteiger partial charge in [-0.25, -0.2) is 0 Å². The highest BCUT2D eigenvalue weighted by molar-refractivity contribution is 5.76. The van der Waals surface area contributed by atoms with E-state index in [1.54, 1.807) is 11.8 Å². The van der Waals surface area contributed by atoms with Crippen LogP contribution in [0.2, 0.25) is 0 Å². The zero-order valence-corrected chi connectivity index (χ0v) is 8.78. The number of hydrogen-bond acceptors (Lipinski definition) is 3. The zero-order chi connectivity index (χ0) is 10.6. The predicted molar refractivity (Wildman–Crippen MR) is 54.7 cm³/mol. The highest BCUT2D eigenvalue weighted by Crippen LogP contribution is 2.20. The van der Waals surface area contributed by atoms with Crippen molar-refractivity contribution in [2.45, 2.75) is 44.8 Å². The van der Waals surface area contributed by atoms with E-state index in [2.05, 4.69) is 0 Å². The van der Waals surface area contributed by atoms with Crippen molar-refractivity contribution in [1.82, 2.24) is 4.90 Å². The fourth-order valence-corrected chi connectivity index (χ4v) is 2.04. The van der Waals surface area contributed by atoms with Gasteiger partial charge < -0.3 is 15.7 Å². The number of likely N-dealkylation sites (tertiary alicyclic amines) is 1. The van der Waals surface area contributed by atoms with Crippen LogP contribution in [0.15, 0.2) is 0 Å². The Labute approximate surface area is 85.1 Å². The molecule has 1 fully saturated rings. The maximum atomic E-state index is 11.6. The molecule has 4 heteroatoms. The van der Waals surface area contributed by atoms with Gasteiger partial charge in [-0.05, 0) is 26.2 Å². The molecule has 1 rings (SSSR count). The first-order valence-corrected chi connectivity index (χ1v) is 5.34. The highest BCUT2D eigenvalue weighted by Gasteiger charge is 2.28. The standard InChI is InChI=1S/C10H20N2O2/c1-8(13)9-4-2-3-7-12(9)10(14)5-6-11/h8-9,13H,2-7,11H2,1H3/t8-,9-/m0/s1. The van der Waals surface area contributed by atoms with E-state index in [9.17, 15) is 9.90 Å². The number of nitrogens with zero attached hydrogens (tertiary/aromatic N) is 1. The van der Waals surface area contributed by atoms with Crippen LogP contribution in [-0.4, -0.2) is 41.1 Å². The van der Waals surface area contributed by atoms with Crippen molar-refractivity contribution in [2.75, 3.05) is 13.1 Å². The summed E-state index contributed by atoms with van der Waals surface area (Å²) in [6.07, 6.45) is 3.01. The van der Waals surface area contributed by atoms with Crippen molar-refractivity contribution in [3.8, 4) is 0 Å². The average molecular weight is 200 g/mol. The van der Waals surface area contributed by atoms with Crippen molar-refractivity contribution in [3.05, 3.63) is 0 Å². The topological polar surface area (TPSA) is 66.6 Å². The molecule has 1 saturated heterocycles. The lowest BCUT2D eigenvalue weighted by atomic mass is 9.98. The minimum absolute atomic E-state index is 0.00259. The van der Waals surface area contributed by atoms with Crippen LogP contribution in [0.5, 0.6) is 0 Å². The van der Waals surface area contributed by atoms with E-state index in [1.165, 1.54) is 0 Å². The second kappa shape index (κ2) is 5.32. The van der Waals surface area contributed by atoms with E-state index in [4.69, 9.17) is 5.73 Å².